The maximum absolute atomic E-state index is 13.3. The Morgan fingerprint density at radius 3 is 2.53 bits per heavy atom. The van der Waals surface area contributed by atoms with Gasteiger partial charge in [0.05, 0.1) is 16.7 Å². The lowest BCUT2D eigenvalue weighted by atomic mass is 9.78. The van der Waals surface area contributed by atoms with Crippen LogP contribution < -0.4 is 0 Å². The van der Waals surface area contributed by atoms with Crippen LogP contribution in [0.3, 0.4) is 0 Å². The van der Waals surface area contributed by atoms with Gasteiger partial charge in [-0.25, -0.2) is 5.01 Å². The lowest BCUT2D eigenvalue weighted by molar-refractivity contribution is -0.154. The van der Waals surface area contributed by atoms with E-state index in [1.165, 1.54) is 23.5 Å². The number of halogens is 1. The average Bonchev–Trinajstić information content (AvgIpc) is 3.35. The van der Waals surface area contributed by atoms with Gasteiger partial charge in [0.1, 0.15) is 6.54 Å². The van der Waals surface area contributed by atoms with Gasteiger partial charge in [0.2, 0.25) is 0 Å². The van der Waals surface area contributed by atoms with Crippen LogP contribution in [-0.2, 0) is 9.59 Å². The van der Waals surface area contributed by atoms with Crippen LogP contribution in [0.15, 0.2) is 53.9 Å². The number of hydrogen-bond donors (Lipinski definition) is 0. The van der Waals surface area contributed by atoms with Gasteiger partial charge in [-0.05, 0) is 48.1 Å². The zero-order valence-electron chi connectivity index (χ0n) is 16.2. The summed E-state index contributed by atoms with van der Waals surface area (Å²) in [6, 6.07) is 9.50. The summed E-state index contributed by atoms with van der Waals surface area (Å²) < 4.78 is 0. The number of Topliss-reactive ketones (excluding diaryl/α,β-unsaturated/α-hetero) is 1. The van der Waals surface area contributed by atoms with Gasteiger partial charge < -0.3 is 0 Å². The summed E-state index contributed by atoms with van der Waals surface area (Å²) in [5.41, 5.74) is 0.236. The highest BCUT2D eigenvalue weighted by molar-refractivity contribution is 7.12. The third kappa shape index (κ3) is 3.59. The normalized spacial score (nSPS) is 22.9. The van der Waals surface area contributed by atoms with E-state index in [0.717, 1.165) is 10.0 Å². The molecule has 0 spiro atoms. The molecule has 3 amide bonds. The molecule has 2 aliphatic rings. The van der Waals surface area contributed by atoms with Crippen LogP contribution in [0.2, 0.25) is 5.02 Å². The van der Waals surface area contributed by atoms with E-state index in [1.54, 1.807) is 29.6 Å². The van der Waals surface area contributed by atoms with Crippen molar-refractivity contribution in [2.45, 2.75) is 13.3 Å². The van der Waals surface area contributed by atoms with Crippen molar-refractivity contribution in [3.8, 4) is 0 Å². The van der Waals surface area contributed by atoms with Gasteiger partial charge in [0, 0.05) is 10.6 Å². The van der Waals surface area contributed by atoms with Crippen LogP contribution in [-0.4, -0.2) is 40.1 Å². The van der Waals surface area contributed by atoms with Crippen molar-refractivity contribution in [3.63, 3.8) is 0 Å². The number of amides is 3. The Morgan fingerprint density at radius 1 is 1.17 bits per heavy atom. The summed E-state index contributed by atoms with van der Waals surface area (Å²) in [5, 5.41) is 4.08. The highest BCUT2D eigenvalue weighted by Crippen LogP contribution is 2.39. The van der Waals surface area contributed by atoms with E-state index < -0.39 is 36.1 Å². The number of rotatable bonds is 5. The molecule has 1 aliphatic carbocycles. The van der Waals surface area contributed by atoms with E-state index >= 15 is 0 Å². The Labute approximate surface area is 182 Å². The van der Waals surface area contributed by atoms with Crippen LogP contribution >= 0.6 is 22.9 Å². The van der Waals surface area contributed by atoms with Crippen molar-refractivity contribution in [2.75, 3.05) is 6.54 Å². The number of thiophene rings is 1. The number of ketones is 1. The average molecular weight is 443 g/mol. The largest absolute Gasteiger partial charge is 0.291 e. The SMILES string of the molecule is C[C@@H]1C=CC[C@@H]2C(=O)N(N(CC(=O)c3cccs3)C(=O)c3ccc(Cl)cc3)C(=O)[C@@H]12. The van der Waals surface area contributed by atoms with E-state index in [4.69, 9.17) is 11.6 Å². The fourth-order valence-electron chi connectivity index (χ4n) is 3.99. The maximum atomic E-state index is 13.3. The Balaban J connectivity index is 1.70. The Morgan fingerprint density at radius 2 is 1.90 bits per heavy atom. The van der Waals surface area contributed by atoms with Crippen molar-refractivity contribution in [1.29, 1.82) is 0 Å². The Bertz CT molecular complexity index is 1030. The van der Waals surface area contributed by atoms with Gasteiger partial charge in [0.25, 0.3) is 17.7 Å². The lowest BCUT2D eigenvalue weighted by Crippen LogP contribution is -2.52. The van der Waals surface area contributed by atoms with Crippen LogP contribution in [0, 0.1) is 17.8 Å². The van der Waals surface area contributed by atoms with Gasteiger partial charge in [-0.2, -0.15) is 5.01 Å². The highest BCUT2D eigenvalue weighted by Gasteiger charge is 2.53. The molecule has 1 aliphatic heterocycles. The predicted molar refractivity (Wildman–Crippen MR) is 113 cm³/mol. The number of hydrazine groups is 1. The molecule has 1 aromatic heterocycles. The van der Waals surface area contributed by atoms with Crippen LogP contribution in [0.25, 0.3) is 0 Å². The van der Waals surface area contributed by atoms with Crippen molar-refractivity contribution in [3.05, 3.63) is 69.4 Å². The second-order valence-electron chi connectivity index (χ2n) is 7.41. The van der Waals surface area contributed by atoms with Crippen LogP contribution in [0.1, 0.15) is 33.4 Å². The molecule has 0 unspecified atom stereocenters. The molecule has 8 heteroatoms. The number of benzene rings is 1. The van der Waals surface area contributed by atoms with Crippen molar-refractivity contribution in [2.24, 2.45) is 17.8 Å². The second kappa shape index (κ2) is 8.16. The first kappa shape index (κ1) is 20.5. The molecule has 0 N–H and O–H groups in total. The molecule has 0 bridgehead atoms. The highest BCUT2D eigenvalue weighted by atomic mass is 35.5. The van der Waals surface area contributed by atoms with Crippen molar-refractivity contribution in [1.82, 2.24) is 10.0 Å². The monoisotopic (exact) mass is 442 g/mol. The first-order valence-corrected chi connectivity index (χ1v) is 10.8. The molecule has 154 valence electrons. The fourth-order valence-corrected chi connectivity index (χ4v) is 4.78. The van der Waals surface area contributed by atoms with Crippen LogP contribution in [0.5, 0.6) is 0 Å². The van der Waals surface area contributed by atoms with Gasteiger partial charge >= 0.3 is 0 Å². The molecule has 2 heterocycles. The molecule has 6 nitrogen and oxygen atoms in total. The second-order valence-corrected chi connectivity index (χ2v) is 8.80. The summed E-state index contributed by atoms with van der Waals surface area (Å²) in [5.74, 6) is -2.99. The lowest BCUT2D eigenvalue weighted by Gasteiger charge is -2.30. The van der Waals surface area contributed by atoms with Gasteiger partial charge in [-0.3, -0.25) is 19.2 Å². The van der Waals surface area contributed by atoms with Crippen LogP contribution in [0.4, 0.5) is 0 Å². The Kier molecular flexibility index (Phi) is 5.58. The minimum Gasteiger partial charge on any atom is -0.291 e. The molecular weight excluding hydrogens is 424 g/mol. The van der Waals surface area contributed by atoms with Gasteiger partial charge in [0.15, 0.2) is 5.78 Å². The summed E-state index contributed by atoms with van der Waals surface area (Å²) in [4.78, 5) is 52.9. The number of carbonyl (C=O) groups excluding carboxylic acids is 4. The number of fused-ring (bicyclic) bond motifs is 1. The summed E-state index contributed by atoms with van der Waals surface area (Å²) in [6.45, 7) is 1.48. The predicted octanol–water partition coefficient (Wildman–Crippen LogP) is 3.84. The smallest absolute Gasteiger partial charge is 0.273 e. The zero-order chi connectivity index (χ0) is 21.4. The number of nitrogens with zero attached hydrogens (tertiary/aromatic N) is 2. The zero-order valence-corrected chi connectivity index (χ0v) is 17.7. The van der Waals surface area contributed by atoms with E-state index in [1.807, 2.05) is 19.1 Å². The molecule has 1 fully saturated rings. The van der Waals surface area contributed by atoms with E-state index in [-0.39, 0.29) is 17.3 Å². The topological polar surface area (TPSA) is 74.8 Å². The maximum Gasteiger partial charge on any atom is 0.273 e. The van der Waals surface area contributed by atoms with Crippen molar-refractivity contribution >= 4 is 46.4 Å². The third-order valence-electron chi connectivity index (χ3n) is 5.51. The van der Waals surface area contributed by atoms with Gasteiger partial charge in [-0.15, -0.1) is 11.3 Å². The molecule has 0 radical (unpaired) electrons. The first-order chi connectivity index (χ1) is 14.4. The molecular formula is C22H19ClN2O4S. The molecule has 4 rings (SSSR count). The summed E-state index contributed by atoms with van der Waals surface area (Å²) in [7, 11) is 0. The molecule has 1 aromatic carbocycles. The van der Waals surface area contributed by atoms with Gasteiger partial charge in [-0.1, -0.05) is 36.7 Å². The minimum absolute atomic E-state index is 0.120. The standard InChI is InChI=1S/C22H19ClN2O4S/c1-13-4-2-5-16-19(13)22(29)25(21(16)28)24(12-17(26)18-6-3-11-30-18)20(27)14-7-9-15(23)10-8-14/h2-4,6-11,13,16,19H,5,12H2,1H3/t13-,16+,19+/m1/s1. The molecule has 3 atom stereocenters. The third-order valence-corrected chi connectivity index (χ3v) is 6.67. The molecule has 0 saturated carbocycles. The molecule has 2 aromatic rings. The van der Waals surface area contributed by atoms with E-state index in [0.29, 0.717) is 16.3 Å². The van der Waals surface area contributed by atoms with E-state index in [9.17, 15) is 19.2 Å². The quantitative estimate of drug-likeness (QED) is 0.400. The number of carbonyl (C=O) groups is 4. The number of imide groups is 1. The number of hydrogen-bond acceptors (Lipinski definition) is 5. The molecule has 30 heavy (non-hydrogen) atoms. The molecule has 1 saturated heterocycles. The first-order valence-electron chi connectivity index (χ1n) is 9.57. The Hall–Kier alpha value is -2.77. The summed E-state index contributed by atoms with van der Waals surface area (Å²) >= 11 is 7.16. The van der Waals surface area contributed by atoms with E-state index in [2.05, 4.69) is 0 Å². The minimum atomic E-state index is -0.600. The number of allylic oxidation sites excluding steroid dienone is 2. The van der Waals surface area contributed by atoms with Crippen molar-refractivity contribution < 1.29 is 19.2 Å². The summed E-state index contributed by atoms with van der Waals surface area (Å²) in [6.07, 6.45) is 4.25. The fraction of sp³-hybridized carbons (Fsp3) is 0.273.